The average molecular weight is 672 g/mol. The summed E-state index contributed by atoms with van der Waals surface area (Å²) in [4.78, 5) is 0. The second-order valence-corrected chi connectivity index (χ2v) is 11.7. The summed E-state index contributed by atoms with van der Waals surface area (Å²) in [6.45, 7) is 0. The summed E-state index contributed by atoms with van der Waals surface area (Å²) in [5, 5.41) is -2.38. The fourth-order valence-corrected chi connectivity index (χ4v) is 6.97. The third-order valence-corrected chi connectivity index (χ3v) is 9.05. The normalized spacial score (nSPS) is 18.0. The highest BCUT2D eigenvalue weighted by molar-refractivity contribution is 6.16. The first-order valence-corrected chi connectivity index (χ1v) is 15.8. The van der Waals surface area contributed by atoms with Gasteiger partial charge in [-0.2, -0.15) is 0 Å². The average Bonchev–Trinajstić information content (AvgIpc) is 4.05. The molecule has 3 heterocycles. The molecule has 0 amide bonds. The van der Waals surface area contributed by atoms with E-state index in [0.717, 1.165) is 9.13 Å². The molecule has 8 aromatic carbocycles. The standard InChI is InChI=1S/C48H31N3/c1-2-15-32(16-3-1)34-17-4-9-23-41(34)51-45-27-13-7-20-37(45)39-30-29-33(31-47(39)51)49-42-24-10-8-21-38(42)40-22-14-28-46(48(40)49)50-43-25-11-5-18-35(43)36-19-6-12-26-44(36)50/h1-31H/i5D,6D,7D,8D,10D,11D,12D,13D,14D,18D,19D,20D,21D,22D,24D,25D,26D,27D,28D,29D,30D,31D. The van der Waals surface area contributed by atoms with Crippen molar-refractivity contribution in [2.75, 3.05) is 0 Å². The van der Waals surface area contributed by atoms with Crippen molar-refractivity contribution >= 4 is 65.4 Å². The zero-order chi connectivity index (χ0) is 52.6. The van der Waals surface area contributed by atoms with Crippen LogP contribution in [0.3, 0.4) is 0 Å². The van der Waals surface area contributed by atoms with Crippen LogP contribution in [0.2, 0.25) is 0 Å². The highest BCUT2D eigenvalue weighted by Gasteiger charge is 2.21. The van der Waals surface area contributed by atoms with Gasteiger partial charge >= 0.3 is 0 Å². The SMILES string of the molecule is [2H]c1c([2H])c([2H])c2c(c1[2H])c1c([2H])c([2H])c(-n3c4c([2H])c([2H])c([2H])c([2H])c4c4c([2H])c([2H])c([2H])c(-n5c6c([2H])c([2H])c([2H])c([2H])c6c6c([2H])c([2H])c([2H])c([2H])c65)c43)c([2H])c1n2-c1ccccc1-c1ccccc1. The quantitative estimate of drug-likeness (QED) is 0.177. The maximum absolute atomic E-state index is 10.4. The minimum absolute atomic E-state index is 0.193. The number of hydrogen-bond donors (Lipinski definition) is 0. The molecule has 0 radical (unpaired) electrons. The highest BCUT2D eigenvalue weighted by atomic mass is 15.1. The molecule has 3 heteroatoms. The van der Waals surface area contributed by atoms with Gasteiger partial charge in [-0.3, -0.25) is 0 Å². The van der Waals surface area contributed by atoms with Gasteiger partial charge < -0.3 is 13.7 Å². The summed E-state index contributed by atoms with van der Waals surface area (Å²) in [5.74, 6) is 0. The Bertz CT molecular complexity index is 4320. The van der Waals surface area contributed by atoms with E-state index in [9.17, 15) is 16.4 Å². The first-order valence-electron chi connectivity index (χ1n) is 26.8. The molecule has 11 rings (SSSR count). The monoisotopic (exact) mass is 671 g/mol. The number of fused-ring (bicyclic) bond motifs is 9. The molecule has 0 bridgehead atoms. The molecule has 0 saturated heterocycles. The number of rotatable bonds is 4. The Morgan fingerprint density at radius 2 is 0.843 bits per heavy atom. The molecule has 238 valence electrons. The minimum atomic E-state index is -0.921. The number of aromatic nitrogens is 3. The maximum atomic E-state index is 10.4. The molecule has 0 aliphatic heterocycles. The van der Waals surface area contributed by atoms with E-state index in [0.29, 0.717) is 11.1 Å². The molecule has 3 nitrogen and oxygen atoms in total. The number of hydrogen-bond acceptors (Lipinski definition) is 0. The van der Waals surface area contributed by atoms with Crippen molar-refractivity contribution in [1.29, 1.82) is 0 Å². The second-order valence-electron chi connectivity index (χ2n) is 11.7. The van der Waals surface area contributed by atoms with Crippen LogP contribution in [0.25, 0.3) is 93.6 Å². The van der Waals surface area contributed by atoms with Crippen LogP contribution in [-0.4, -0.2) is 13.7 Å². The number of para-hydroxylation sites is 6. The van der Waals surface area contributed by atoms with E-state index in [1.807, 2.05) is 0 Å². The Morgan fingerprint density at radius 1 is 0.353 bits per heavy atom. The number of benzene rings is 8. The van der Waals surface area contributed by atoms with Crippen LogP contribution in [0, 0.1) is 0 Å². The summed E-state index contributed by atoms with van der Waals surface area (Å²) < 4.78 is 206. The van der Waals surface area contributed by atoms with Gasteiger partial charge in [0.1, 0.15) is 0 Å². The van der Waals surface area contributed by atoms with Crippen molar-refractivity contribution in [3.8, 4) is 28.2 Å². The van der Waals surface area contributed by atoms with E-state index in [2.05, 4.69) is 0 Å². The molecule has 0 aliphatic carbocycles. The van der Waals surface area contributed by atoms with Gasteiger partial charge in [-0.05, 0) is 53.9 Å². The van der Waals surface area contributed by atoms with Gasteiger partial charge in [-0.25, -0.2) is 0 Å². The molecule has 0 atom stereocenters. The summed E-state index contributed by atoms with van der Waals surface area (Å²) in [6.07, 6.45) is 0. The summed E-state index contributed by atoms with van der Waals surface area (Å²) in [5.41, 5.74) is -2.63. The van der Waals surface area contributed by atoms with Gasteiger partial charge in [0, 0.05) is 43.6 Å². The molecule has 0 aliphatic rings. The number of nitrogens with zero attached hydrogens (tertiary/aromatic N) is 3. The lowest BCUT2D eigenvalue weighted by Crippen LogP contribution is -2.01. The Hall–Kier alpha value is -6.84. The summed E-state index contributed by atoms with van der Waals surface area (Å²) >= 11 is 0. The predicted molar refractivity (Wildman–Crippen MR) is 215 cm³/mol. The predicted octanol–water partition coefficient (Wildman–Crippen LogP) is 12.6. The first kappa shape index (κ1) is 14.2. The third kappa shape index (κ3) is 4.00. The van der Waals surface area contributed by atoms with Crippen molar-refractivity contribution < 1.29 is 30.2 Å². The van der Waals surface area contributed by atoms with Crippen LogP contribution in [0.4, 0.5) is 0 Å². The van der Waals surface area contributed by atoms with Gasteiger partial charge in [-0.1, -0.05) is 139 Å². The fraction of sp³-hybridized carbons (Fsp3) is 0. The molecule has 3 aromatic heterocycles. The molecule has 51 heavy (non-hydrogen) atoms. The van der Waals surface area contributed by atoms with Gasteiger partial charge in [-0.15, -0.1) is 0 Å². The highest BCUT2D eigenvalue weighted by Crippen LogP contribution is 2.42. The van der Waals surface area contributed by atoms with E-state index >= 15 is 0 Å². The second kappa shape index (κ2) is 10.8. The molecule has 0 fully saturated rings. The van der Waals surface area contributed by atoms with Crippen LogP contribution in [0.1, 0.15) is 30.2 Å². The summed E-state index contributed by atoms with van der Waals surface area (Å²) in [6, 6.07) is -1.58. The van der Waals surface area contributed by atoms with Crippen molar-refractivity contribution in [3.63, 3.8) is 0 Å². The van der Waals surface area contributed by atoms with Gasteiger partial charge in [0.15, 0.2) is 0 Å². The Labute approximate surface area is 325 Å². The van der Waals surface area contributed by atoms with E-state index in [4.69, 9.17) is 13.7 Å². The van der Waals surface area contributed by atoms with E-state index < -0.39 is 188 Å². The van der Waals surface area contributed by atoms with Crippen LogP contribution in [0.5, 0.6) is 0 Å². The van der Waals surface area contributed by atoms with Crippen molar-refractivity contribution in [2.45, 2.75) is 0 Å². The van der Waals surface area contributed by atoms with Crippen LogP contribution in [0.15, 0.2) is 188 Å². The smallest absolute Gasteiger partial charge is 0.0782 e. The third-order valence-electron chi connectivity index (χ3n) is 9.05. The van der Waals surface area contributed by atoms with Crippen LogP contribution in [-0.2, 0) is 0 Å². The van der Waals surface area contributed by atoms with Crippen molar-refractivity contribution in [3.05, 3.63) is 188 Å². The fourth-order valence-electron chi connectivity index (χ4n) is 6.97. The topological polar surface area (TPSA) is 14.8 Å². The lowest BCUT2D eigenvalue weighted by atomic mass is 10.0. The van der Waals surface area contributed by atoms with Gasteiger partial charge in [0.05, 0.1) is 74.6 Å². The van der Waals surface area contributed by atoms with Crippen molar-refractivity contribution in [1.82, 2.24) is 13.7 Å². The van der Waals surface area contributed by atoms with Gasteiger partial charge in [0.2, 0.25) is 0 Å². The van der Waals surface area contributed by atoms with Crippen LogP contribution >= 0.6 is 0 Å². The molecule has 0 saturated carbocycles. The largest absolute Gasteiger partial charge is 0.309 e. The Balaban J connectivity index is 1.48. The van der Waals surface area contributed by atoms with Gasteiger partial charge in [0.25, 0.3) is 0 Å². The minimum Gasteiger partial charge on any atom is -0.309 e. The van der Waals surface area contributed by atoms with E-state index in [-0.39, 0.29) is 27.5 Å². The van der Waals surface area contributed by atoms with E-state index in [1.165, 1.54) is 4.57 Å². The molecule has 0 unspecified atom stereocenters. The first-order chi connectivity index (χ1) is 34.5. The molecular weight excluding hydrogens is 619 g/mol. The Kier molecular flexibility index (Phi) is 3.01. The lowest BCUT2D eigenvalue weighted by Gasteiger charge is -2.16. The molecule has 11 aromatic rings. The maximum Gasteiger partial charge on any atom is 0.0782 e. The molecule has 0 N–H and O–H groups in total. The van der Waals surface area contributed by atoms with Crippen LogP contribution < -0.4 is 0 Å². The summed E-state index contributed by atoms with van der Waals surface area (Å²) in [7, 11) is 0. The molecule has 0 spiro atoms. The zero-order valence-corrected chi connectivity index (χ0v) is 26.0. The Morgan fingerprint density at radius 3 is 1.49 bits per heavy atom. The van der Waals surface area contributed by atoms with Crippen molar-refractivity contribution in [2.24, 2.45) is 0 Å². The molecular formula is C48H31N3. The zero-order valence-electron chi connectivity index (χ0n) is 48.0. The van der Waals surface area contributed by atoms with E-state index in [1.54, 1.807) is 54.6 Å². The lowest BCUT2D eigenvalue weighted by molar-refractivity contribution is 1.13.